The maximum Gasteiger partial charge on any atom is 0.408 e. The number of nitrogens with zero attached hydrogens (tertiary/aromatic N) is 2. The first-order chi connectivity index (χ1) is 9.30. The van der Waals surface area contributed by atoms with Gasteiger partial charge >= 0.3 is 6.09 Å². The molecule has 0 spiro atoms. The van der Waals surface area contributed by atoms with Gasteiger partial charge in [0, 0.05) is 13.1 Å². The molecule has 0 radical (unpaired) electrons. The lowest BCUT2D eigenvalue weighted by Gasteiger charge is -2.37. The Morgan fingerprint density at radius 2 is 1.95 bits per heavy atom. The van der Waals surface area contributed by atoms with Gasteiger partial charge in [-0.25, -0.2) is 4.79 Å². The Hall–Kier alpha value is -1.77. The molecule has 6 heteroatoms. The van der Waals surface area contributed by atoms with Crippen LogP contribution in [0.1, 0.15) is 33.6 Å². The average Bonchev–Trinajstić information content (AvgIpc) is 3.05. The molecule has 1 unspecified atom stereocenters. The second-order valence-electron chi connectivity index (χ2n) is 6.53. The topological polar surface area (TPSA) is 82.4 Å². The summed E-state index contributed by atoms with van der Waals surface area (Å²) in [5.41, 5.74) is -0.579. The van der Waals surface area contributed by atoms with Gasteiger partial charge in [-0.05, 0) is 39.5 Å². The van der Waals surface area contributed by atoms with Crippen molar-refractivity contribution in [2.75, 3.05) is 13.1 Å². The summed E-state index contributed by atoms with van der Waals surface area (Å²) in [6.45, 7) is 6.29. The quantitative estimate of drug-likeness (QED) is 0.843. The predicted octanol–water partition coefficient (Wildman–Crippen LogP) is 1.27. The van der Waals surface area contributed by atoms with E-state index >= 15 is 0 Å². The number of hydrogen-bond acceptors (Lipinski definition) is 4. The van der Waals surface area contributed by atoms with Crippen molar-refractivity contribution in [3.8, 4) is 6.07 Å². The van der Waals surface area contributed by atoms with Crippen molar-refractivity contribution in [2.45, 2.75) is 45.3 Å². The second-order valence-corrected chi connectivity index (χ2v) is 6.53. The first kappa shape index (κ1) is 14.6. The monoisotopic (exact) mass is 279 g/mol. The third kappa shape index (κ3) is 3.62. The summed E-state index contributed by atoms with van der Waals surface area (Å²) in [5, 5.41) is 11.4. The molecule has 1 saturated carbocycles. The molecule has 1 aliphatic heterocycles. The van der Waals surface area contributed by atoms with E-state index < -0.39 is 17.7 Å². The second kappa shape index (κ2) is 5.31. The molecule has 110 valence electrons. The molecule has 6 nitrogen and oxygen atoms in total. The SMILES string of the molecule is CC(C)(C)OC(=O)NC(C(=O)N1CC(C#N)C1)C1CC1. The Balaban J connectivity index is 1.90. The van der Waals surface area contributed by atoms with E-state index in [4.69, 9.17) is 10.00 Å². The van der Waals surface area contributed by atoms with Crippen LogP contribution in [0.2, 0.25) is 0 Å². The van der Waals surface area contributed by atoms with Crippen LogP contribution in [-0.2, 0) is 9.53 Å². The van der Waals surface area contributed by atoms with Crippen molar-refractivity contribution in [2.24, 2.45) is 11.8 Å². The van der Waals surface area contributed by atoms with Crippen molar-refractivity contribution in [1.82, 2.24) is 10.2 Å². The van der Waals surface area contributed by atoms with Crippen molar-refractivity contribution in [3.63, 3.8) is 0 Å². The van der Waals surface area contributed by atoms with Crippen LogP contribution in [0.25, 0.3) is 0 Å². The first-order valence-corrected chi connectivity index (χ1v) is 6.98. The Bertz CT molecular complexity index is 440. The summed E-state index contributed by atoms with van der Waals surface area (Å²) in [6, 6.07) is 1.63. The predicted molar refractivity (Wildman–Crippen MR) is 71.6 cm³/mol. The summed E-state index contributed by atoms with van der Waals surface area (Å²) in [4.78, 5) is 25.7. The molecule has 2 fully saturated rings. The van der Waals surface area contributed by atoms with Crippen LogP contribution >= 0.6 is 0 Å². The van der Waals surface area contributed by atoms with Crippen molar-refractivity contribution in [3.05, 3.63) is 0 Å². The molecule has 20 heavy (non-hydrogen) atoms. The van der Waals surface area contributed by atoms with Gasteiger partial charge in [-0.3, -0.25) is 4.79 Å². The van der Waals surface area contributed by atoms with Gasteiger partial charge in [0.05, 0.1) is 12.0 Å². The van der Waals surface area contributed by atoms with Gasteiger partial charge in [-0.15, -0.1) is 0 Å². The third-order valence-electron chi connectivity index (χ3n) is 3.41. The number of carbonyl (C=O) groups is 2. The minimum atomic E-state index is -0.579. The number of likely N-dealkylation sites (tertiary alicyclic amines) is 1. The highest BCUT2D eigenvalue weighted by Crippen LogP contribution is 2.34. The van der Waals surface area contributed by atoms with Gasteiger partial charge in [0.15, 0.2) is 0 Å². The molecular formula is C14H21N3O3. The Kier molecular flexibility index (Phi) is 3.89. The number of carbonyl (C=O) groups excluding carboxylic acids is 2. The number of amides is 2. The van der Waals surface area contributed by atoms with E-state index in [1.54, 1.807) is 25.7 Å². The molecular weight excluding hydrogens is 258 g/mol. The van der Waals surface area contributed by atoms with Crippen LogP contribution < -0.4 is 5.32 Å². The van der Waals surface area contributed by atoms with Crippen molar-refractivity contribution in [1.29, 1.82) is 5.26 Å². The van der Waals surface area contributed by atoms with E-state index in [0.717, 1.165) is 12.8 Å². The maximum atomic E-state index is 12.3. The van der Waals surface area contributed by atoms with Gasteiger partial charge in [-0.1, -0.05) is 0 Å². The van der Waals surface area contributed by atoms with Crippen LogP contribution in [0.15, 0.2) is 0 Å². The molecule has 2 aliphatic rings. The molecule has 1 N–H and O–H groups in total. The van der Waals surface area contributed by atoms with Crippen LogP contribution in [0.5, 0.6) is 0 Å². The number of alkyl carbamates (subject to hydrolysis) is 1. The molecule has 0 aromatic rings. The average molecular weight is 279 g/mol. The number of nitriles is 1. The third-order valence-corrected chi connectivity index (χ3v) is 3.41. The summed E-state index contributed by atoms with van der Waals surface area (Å²) in [5.74, 6) is 0.0429. The molecule has 0 aromatic heterocycles. The van der Waals surface area contributed by atoms with Gasteiger partial charge in [0.1, 0.15) is 11.6 Å². The fourth-order valence-corrected chi connectivity index (χ4v) is 2.18. The number of ether oxygens (including phenoxy) is 1. The molecule has 0 aromatic carbocycles. The standard InChI is InChI=1S/C14H21N3O3/c1-14(2,3)20-13(19)16-11(10-4-5-10)12(18)17-7-9(6-15)8-17/h9-11H,4-5,7-8H2,1-3H3,(H,16,19). The normalized spacial score (nSPS) is 20.6. The molecule has 1 atom stereocenters. The van der Waals surface area contributed by atoms with Crippen LogP contribution in [0, 0.1) is 23.2 Å². The fourth-order valence-electron chi connectivity index (χ4n) is 2.18. The lowest BCUT2D eigenvalue weighted by atomic mass is 10.00. The summed E-state index contributed by atoms with van der Waals surface area (Å²) < 4.78 is 5.20. The van der Waals surface area contributed by atoms with E-state index in [2.05, 4.69) is 11.4 Å². The van der Waals surface area contributed by atoms with Gasteiger partial charge in [-0.2, -0.15) is 5.26 Å². The van der Waals surface area contributed by atoms with Crippen LogP contribution in [0.4, 0.5) is 4.79 Å². The van der Waals surface area contributed by atoms with E-state index in [0.29, 0.717) is 13.1 Å². The minimum Gasteiger partial charge on any atom is -0.444 e. The zero-order valence-corrected chi connectivity index (χ0v) is 12.2. The van der Waals surface area contributed by atoms with E-state index in [9.17, 15) is 9.59 Å². The van der Waals surface area contributed by atoms with Crippen LogP contribution in [0.3, 0.4) is 0 Å². The molecule has 1 aliphatic carbocycles. The Morgan fingerprint density at radius 3 is 2.40 bits per heavy atom. The van der Waals surface area contributed by atoms with Gasteiger partial charge in [0.2, 0.25) is 5.91 Å². The van der Waals surface area contributed by atoms with Crippen LogP contribution in [-0.4, -0.2) is 41.6 Å². The van der Waals surface area contributed by atoms with E-state index in [-0.39, 0.29) is 17.7 Å². The molecule has 1 saturated heterocycles. The lowest BCUT2D eigenvalue weighted by molar-refractivity contribution is -0.139. The largest absolute Gasteiger partial charge is 0.444 e. The summed E-state index contributed by atoms with van der Waals surface area (Å²) in [6.07, 6.45) is 1.34. The van der Waals surface area contributed by atoms with Crippen molar-refractivity contribution < 1.29 is 14.3 Å². The van der Waals surface area contributed by atoms with E-state index in [1.165, 1.54) is 0 Å². The molecule has 0 bridgehead atoms. The lowest BCUT2D eigenvalue weighted by Crippen LogP contribution is -2.57. The minimum absolute atomic E-state index is 0.0691. The number of nitrogens with one attached hydrogen (secondary N) is 1. The maximum absolute atomic E-state index is 12.3. The van der Waals surface area contributed by atoms with E-state index in [1.807, 2.05) is 0 Å². The highest BCUT2D eigenvalue weighted by molar-refractivity contribution is 5.87. The highest BCUT2D eigenvalue weighted by atomic mass is 16.6. The van der Waals surface area contributed by atoms with Crippen molar-refractivity contribution >= 4 is 12.0 Å². The number of rotatable bonds is 3. The molecule has 2 amide bonds. The summed E-state index contributed by atoms with van der Waals surface area (Å²) in [7, 11) is 0. The molecule has 1 heterocycles. The zero-order chi connectivity index (χ0) is 14.9. The Morgan fingerprint density at radius 1 is 1.35 bits per heavy atom. The molecule has 2 rings (SSSR count). The fraction of sp³-hybridized carbons (Fsp3) is 0.786. The highest BCUT2D eigenvalue weighted by Gasteiger charge is 2.43. The smallest absolute Gasteiger partial charge is 0.408 e. The van der Waals surface area contributed by atoms with Gasteiger partial charge in [0.25, 0.3) is 0 Å². The summed E-state index contributed by atoms with van der Waals surface area (Å²) >= 11 is 0. The Labute approximate surface area is 119 Å². The zero-order valence-electron chi connectivity index (χ0n) is 12.2. The first-order valence-electron chi connectivity index (χ1n) is 6.98. The van der Waals surface area contributed by atoms with Gasteiger partial charge < -0.3 is 15.0 Å². The number of hydrogen-bond donors (Lipinski definition) is 1.